The van der Waals surface area contributed by atoms with Crippen LogP contribution in [0.3, 0.4) is 0 Å². The van der Waals surface area contributed by atoms with Gasteiger partial charge in [0.05, 0.1) is 0 Å². The van der Waals surface area contributed by atoms with Gasteiger partial charge < -0.3 is 0 Å². The summed E-state index contributed by atoms with van der Waals surface area (Å²) in [6, 6.07) is 0. The predicted octanol–water partition coefficient (Wildman–Crippen LogP) is 26.6. The van der Waals surface area contributed by atoms with E-state index in [0.29, 0.717) is 0 Å². The van der Waals surface area contributed by atoms with Crippen LogP contribution in [0.15, 0.2) is 0 Å². The molecule has 0 aliphatic heterocycles. The number of hydrogen-bond donors (Lipinski definition) is 0. The topological polar surface area (TPSA) is 0 Å². The fourth-order valence-electron chi connectivity index (χ4n) is 12.4. The standard InChI is InChI=1S/C69H143P/c1-5-9-13-17-21-25-29-32-35-38-41-44-47-51-55-59-63-67-70(66-62-58-54-50-28-24-20-16-12-8-4,68-64-60-56-52-48-45-42-39-36-33-30-26-22-18-14-10-6-2)69-65-61-57-53-49-46-43-40-37-34-31-27-23-19-15-11-7-3/h70H,5-69H2,1-4H3. The molecule has 0 atom stereocenters. The molecule has 0 radical (unpaired) electrons. The van der Waals surface area contributed by atoms with Gasteiger partial charge in [-0.1, -0.05) is 136 Å². The third-order valence-corrected chi connectivity index (χ3v) is 23.1. The van der Waals surface area contributed by atoms with Crippen LogP contribution in [0.5, 0.6) is 0 Å². The Kier molecular flexibility index (Phi) is 64.1. The van der Waals surface area contributed by atoms with Crippen molar-refractivity contribution < 1.29 is 0 Å². The number of unbranched alkanes of at least 4 members (excludes halogenated alkanes) is 57. The van der Waals surface area contributed by atoms with Crippen LogP contribution in [0.2, 0.25) is 0 Å². The molecule has 0 nitrogen and oxygen atoms in total. The van der Waals surface area contributed by atoms with E-state index in [1.54, 1.807) is 76.0 Å². The molecule has 1 heteroatoms. The zero-order chi connectivity index (χ0) is 50.5. The maximum atomic E-state index is 2.35. The van der Waals surface area contributed by atoms with Crippen molar-refractivity contribution in [3.05, 3.63) is 0 Å². The molecule has 0 saturated heterocycles. The molecule has 0 spiro atoms. The Morgan fingerprint density at radius 3 is 0.300 bits per heavy atom. The van der Waals surface area contributed by atoms with Crippen molar-refractivity contribution in [2.45, 2.75) is 419 Å². The fourth-order valence-corrected chi connectivity index (χ4v) is 17.9. The molecule has 70 heavy (non-hydrogen) atoms. The second kappa shape index (κ2) is 63.7. The van der Waals surface area contributed by atoms with E-state index in [2.05, 4.69) is 27.7 Å². The van der Waals surface area contributed by atoms with Crippen LogP contribution in [0.25, 0.3) is 0 Å². The summed E-state index contributed by atoms with van der Waals surface area (Å²) in [4.78, 5) is 0. The Labute approximate surface area is 449 Å². The van der Waals surface area contributed by atoms with Gasteiger partial charge in [-0.05, 0) is 0 Å². The molecule has 0 fully saturated rings. The van der Waals surface area contributed by atoms with Crippen LogP contribution in [0.4, 0.5) is 0 Å². The van der Waals surface area contributed by atoms with Crippen LogP contribution in [-0.4, -0.2) is 24.6 Å². The molecule has 0 saturated carbocycles. The van der Waals surface area contributed by atoms with E-state index in [9.17, 15) is 0 Å². The van der Waals surface area contributed by atoms with Gasteiger partial charge in [-0.2, -0.15) is 0 Å². The van der Waals surface area contributed by atoms with Crippen LogP contribution < -0.4 is 0 Å². The number of rotatable bonds is 65. The summed E-state index contributed by atoms with van der Waals surface area (Å²) < 4.78 is 0. The molecule has 424 valence electrons. The van der Waals surface area contributed by atoms with Crippen LogP contribution >= 0.6 is 7.26 Å². The first-order valence-electron chi connectivity index (χ1n) is 34.7. The van der Waals surface area contributed by atoms with Crippen molar-refractivity contribution in [1.82, 2.24) is 0 Å². The van der Waals surface area contributed by atoms with Gasteiger partial charge in [0.1, 0.15) is 0 Å². The van der Waals surface area contributed by atoms with Gasteiger partial charge in [0.2, 0.25) is 0 Å². The minimum Gasteiger partial charge on any atom is -0.0654 e. The van der Waals surface area contributed by atoms with Crippen molar-refractivity contribution in [2.24, 2.45) is 0 Å². The van der Waals surface area contributed by atoms with Gasteiger partial charge in [0.15, 0.2) is 0 Å². The van der Waals surface area contributed by atoms with E-state index < -0.39 is 7.26 Å². The average Bonchev–Trinajstić information content (AvgIpc) is 3.37. The van der Waals surface area contributed by atoms with E-state index in [4.69, 9.17) is 0 Å². The smallest absolute Gasteiger partial charge is 0.0654 e. The molecular weight excluding hydrogens is 860 g/mol. The molecule has 0 bridgehead atoms. The first-order chi connectivity index (χ1) is 34.7. The zero-order valence-electron chi connectivity index (χ0n) is 50.5. The molecule has 0 N–H and O–H groups in total. The molecule has 0 aromatic rings. The Morgan fingerprint density at radius 2 is 0.200 bits per heavy atom. The summed E-state index contributed by atoms with van der Waals surface area (Å²) in [5, 5.41) is 0. The van der Waals surface area contributed by atoms with Gasteiger partial charge in [-0.15, -0.1) is 0 Å². The van der Waals surface area contributed by atoms with E-state index in [1.807, 2.05) is 0 Å². The first kappa shape index (κ1) is 70.4. The summed E-state index contributed by atoms with van der Waals surface area (Å²) in [6.45, 7) is 9.35. The molecule has 0 amide bonds. The van der Waals surface area contributed by atoms with Gasteiger partial charge in [0, 0.05) is 0 Å². The minimum absolute atomic E-state index is 1.21. The van der Waals surface area contributed by atoms with Crippen LogP contribution in [0.1, 0.15) is 419 Å². The van der Waals surface area contributed by atoms with Crippen molar-refractivity contribution in [1.29, 1.82) is 0 Å². The molecular formula is C69H143P. The third-order valence-electron chi connectivity index (χ3n) is 17.5. The average molecular weight is 1000 g/mol. The molecule has 0 aromatic carbocycles. The van der Waals surface area contributed by atoms with E-state index in [0.717, 1.165) is 0 Å². The molecule has 0 unspecified atom stereocenters. The van der Waals surface area contributed by atoms with E-state index >= 15 is 0 Å². The second-order valence-corrected chi connectivity index (χ2v) is 29.7. The Balaban J connectivity index is 4.86. The minimum atomic E-state index is -1.21. The van der Waals surface area contributed by atoms with Crippen molar-refractivity contribution in [3.8, 4) is 0 Å². The van der Waals surface area contributed by atoms with Gasteiger partial charge >= 0.3 is 315 Å². The Morgan fingerprint density at radius 1 is 0.114 bits per heavy atom. The molecule has 0 aliphatic rings. The maximum absolute atomic E-state index is 2.35. The van der Waals surface area contributed by atoms with Gasteiger partial charge in [0.25, 0.3) is 0 Å². The van der Waals surface area contributed by atoms with Gasteiger partial charge in [-0.25, -0.2) is 0 Å². The fraction of sp³-hybridized carbons (Fsp3) is 1.00. The molecule has 0 aliphatic carbocycles. The van der Waals surface area contributed by atoms with Crippen molar-refractivity contribution in [2.75, 3.05) is 24.6 Å². The summed E-state index contributed by atoms with van der Waals surface area (Å²) in [5.74, 6) is 0. The van der Waals surface area contributed by atoms with E-state index in [1.165, 1.54) is 340 Å². The summed E-state index contributed by atoms with van der Waals surface area (Å²) in [7, 11) is -1.21. The normalized spacial score (nSPS) is 12.2. The Hall–Kier alpha value is 0.430. The van der Waals surface area contributed by atoms with Crippen molar-refractivity contribution >= 4 is 7.26 Å². The second-order valence-electron chi connectivity index (χ2n) is 24.7. The summed E-state index contributed by atoms with van der Waals surface area (Å²) >= 11 is 0. The summed E-state index contributed by atoms with van der Waals surface area (Å²) in [6.07, 6.45) is 98.1. The van der Waals surface area contributed by atoms with Crippen LogP contribution in [0, 0.1) is 0 Å². The molecule has 0 aromatic heterocycles. The van der Waals surface area contributed by atoms with E-state index in [-0.39, 0.29) is 0 Å². The monoisotopic (exact) mass is 1000 g/mol. The van der Waals surface area contributed by atoms with Crippen molar-refractivity contribution in [3.63, 3.8) is 0 Å². The third kappa shape index (κ3) is 57.7. The molecule has 0 rings (SSSR count). The van der Waals surface area contributed by atoms with Crippen LogP contribution in [-0.2, 0) is 0 Å². The van der Waals surface area contributed by atoms with Gasteiger partial charge in [-0.3, -0.25) is 0 Å². The summed E-state index contributed by atoms with van der Waals surface area (Å²) in [5.41, 5.74) is 0. The Bertz CT molecular complexity index is 786. The first-order valence-corrected chi connectivity index (χ1v) is 37.6. The SMILES string of the molecule is CCCCCCCCCCCCCCCCCCC[PH](CCCCCCCCCCCC)(CCCCCCCCCCCCCCCCCCC)CCCCCCCCCCCCCCCCCCC. The predicted molar refractivity (Wildman–Crippen MR) is 332 cm³/mol. The number of hydrogen-bond acceptors (Lipinski definition) is 0. The zero-order valence-corrected chi connectivity index (χ0v) is 51.5. The molecule has 0 heterocycles. The quantitative estimate of drug-likeness (QED) is 0.0421.